The van der Waals surface area contributed by atoms with E-state index in [0.717, 1.165) is 10.5 Å². The molecule has 4 rings (SSSR count). The number of carbonyl (C=O) groups excluding carboxylic acids is 4. The lowest BCUT2D eigenvalue weighted by Crippen LogP contribution is -2.33. The summed E-state index contributed by atoms with van der Waals surface area (Å²) in [7, 11) is 0. The van der Waals surface area contributed by atoms with Gasteiger partial charge in [-0.05, 0) is 48.9 Å². The number of carbonyl (C=O) groups is 4. The lowest BCUT2D eigenvalue weighted by atomic mass is 10.1. The lowest BCUT2D eigenvalue weighted by Gasteiger charge is -2.14. The number of benzene rings is 2. The number of aryl methyl sites for hydroxylation is 1. The van der Waals surface area contributed by atoms with E-state index in [0.29, 0.717) is 5.69 Å². The van der Waals surface area contributed by atoms with Gasteiger partial charge in [0.1, 0.15) is 0 Å². The Hall–Kier alpha value is -4.20. The minimum atomic E-state index is -0.736. The Labute approximate surface area is 171 Å². The summed E-state index contributed by atoms with van der Waals surface area (Å²) < 4.78 is 10.2. The van der Waals surface area contributed by atoms with Gasteiger partial charge in [-0.25, -0.2) is 9.69 Å². The third-order valence-corrected chi connectivity index (χ3v) is 4.67. The first-order valence-electron chi connectivity index (χ1n) is 9.03. The Kier molecular flexibility index (Phi) is 4.89. The van der Waals surface area contributed by atoms with E-state index >= 15 is 0 Å². The summed E-state index contributed by atoms with van der Waals surface area (Å²) in [5.74, 6) is -2.09. The van der Waals surface area contributed by atoms with Gasteiger partial charge in [-0.1, -0.05) is 18.2 Å². The van der Waals surface area contributed by atoms with E-state index in [-0.39, 0.29) is 22.5 Å². The lowest BCUT2D eigenvalue weighted by molar-refractivity contribution is 0.0228. The van der Waals surface area contributed by atoms with Gasteiger partial charge in [-0.2, -0.15) is 0 Å². The van der Waals surface area contributed by atoms with Crippen molar-refractivity contribution in [2.45, 2.75) is 6.92 Å². The molecule has 0 aliphatic carbocycles. The van der Waals surface area contributed by atoms with E-state index in [1.807, 2.05) is 0 Å². The summed E-state index contributed by atoms with van der Waals surface area (Å²) in [5.41, 5.74) is 1.85. The molecule has 8 nitrogen and oxygen atoms in total. The second-order valence-electron chi connectivity index (χ2n) is 6.61. The van der Waals surface area contributed by atoms with Crippen LogP contribution in [0.4, 0.5) is 5.69 Å². The van der Waals surface area contributed by atoms with Crippen LogP contribution < -0.4 is 5.32 Å². The second kappa shape index (κ2) is 7.67. The topological polar surface area (TPSA) is 106 Å². The summed E-state index contributed by atoms with van der Waals surface area (Å²) in [6, 6.07) is 14.2. The molecule has 30 heavy (non-hydrogen) atoms. The van der Waals surface area contributed by atoms with Gasteiger partial charge in [0.2, 0.25) is 0 Å². The number of rotatable bonds is 5. The van der Waals surface area contributed by atoms with Crippen LogP contribution in [-0.2, 0) is 4.74 Å². The van der Waals surface area contributed by atoms with Crippen molar-refractivity contribution >= 4 is 29.4 Å². The number of anilines is 1. The molecule has 1 N–H and O–H groups in total. The number of imide groups is 1. The quantitative estimate of drug-likeness (QED) is 0.517. The maximum Gasteiger partial charge on any atom is 0.339 e. The normalized spacial score (nSPS) is 12.6. The average molecular weight is 404 g/mol. The molecule has 0 bridgehead atoms. The molecule has 0 fully saturated rings. The molecular formula is C22H16N2O6. The highest BCUT2D eigenvalue weighted by atomic mass is 16.5. The first-order valence-corrected chi connectivity index (χ1v) is 9.03. The zero-order chi connectivity index (χ0) is 21.3. The molecule has 0 unspecified atom stereocenters. The van der Waals surface area contributed by atoms with Crippen LogP contribution in [0, 0.1) is 6.92 Å². The third-order valence-electron chi connectivity index (χ3n) is 4.67. The maximum absolute atomic E-state index is 12.5. The molecule has 3 aromatic rings. The largest absolute Gasteiger partial charge is 0.459 e. The van der Waals surface area contributed by atoms with Crippen molar-refractivity contribution in [2.24, 2.45) is 0 Å². The molecule has 0 saturated heterocycles. The number of furan rings is 1. The minimum Gasteiger partial charge on any atom is -0.459 e. The fraction of sp³-hybridized carbons (Fsp3) is 0.0909. The van der Waals surface area contributed by atoms with Crippen LogP contribution in [0.2, 0.25) is 0 Å². The fourth-order valence-electron chi connectivity index (χ4n) is 3.04. The maximum atomic E-state index is 12.5. The van der Waals surface area contributed by atoms with Crippen molar-refractivity contribution < 1.29 is 28.3 Å². The smallest absolute Gasteiger partial charge is 0.339 e. The van der Waals surface area contributed by atoms with E-state index in [4.69, 9.17) is 9.15 Å². The molecule has 1 aromatic heterocycles. The first kappa shape index (κ1) is 19.1. The summed E-state index contributed by atoms with van der Waals surface area (Å²) in [6.07, 6.45) is 1.38. The van der Waals surface area contributed by atoms with Crippen LogP contribution in [0.1, 0.15) is 47.2 Å². The van der Waals surface area contributed by atoms with Crippen LogP contribution in [0.3, 0.4) is 0 Å². The molecule has 150 valence electrons. The predicted molar refractivity (Wildman–Crippen MR) is 105 cm³/mol. The summed E-state index contributed by atoms with van der Waals surface area (Å²) >= 11 is 0. The number of ether oxygens (including phenoxy) is 1. The van der Waals surface area contributed by atoms with Crippen LogP contribution in [-0.4, -0.2) is 35.3 Å². The number of hydrogen-bond acceptors (Lipinski definition) is 6. The SMILES string of the molecule is Cc1ccc(C(=O)OCN2C(=O)c3ccccc3C2=O)cc1NC(=O)c1ccco1. The Morgan fingerprint density at radius 2 is 1.70 bits per heavy atom. The van der Waals surface area contributed by atoms with E-state index in [2.05, 4.69) is 5.32 Å². The second-order valence-corrected chi connectivity index (χ2v) is 6.61. The standard InChI is InChI=1S/C22H16N2O6/c1-13-8-9-14(11-17(13)23-19(25)18-7-4-10-29-18)22(28)30-12-24-20(26)15-5-2-3-6-16(15)21(24)27/h2-11H,12H2,1H3,(H,23,25). The van der Waals surface area contributed by atoms with Crippen LogP contribution >= 0.6 is 0 Å². The molecular weight excluding hydrogens is 388 g/mol. The summed E-state index contributed by atoms with van der Waals surface area (Å²) in [4.78, 5) is 50.2. The van der Waals surface area contributed by atoms with Crippen LogP contribution in [0.25, 0.3) is 0 Å². The van der Waals surface area contributed by atoms with E-state index in [1.165, 1.54) is 24.5 Å². The Bertz CT molecular complexity index is 1130. The van der Waals surface area contributed by atoms with Crippen molar-refractivity contribution in [3.05, 3.63) is 88.9 Å². The zero-order valence-corrected chi connectivity index (χ0v) is 15.9. The monoisotopic (exact) mass is 404 g/mol. The van der Waals surface area contributed by atoms with Crippen molar-refractivity contribution in [2.75, 3.05) is 12.0 Å². The van der Waals surface area contributed by atoms with E-state index in [1.54, 1.807) is 43.3 Å². The molecule has 0 radical (unpaired) electrons. The van der Waals surface area contributed by atoms with Gasteiger partial charge >= 0.3 is 5.97 Å². The Balaban J connectivity index is 1.45. The third kappa shape index (κ3) is 3.46. The Morgan fingerprint density at radius 3 is 2.33 bits per heavy atom. The minimum absolute atomic E-state index is 0.132. The van der Waals surface area contributed by atoms with Gasteiger partial charge in [-0.3, -0.25) is 14.4 Å². The van der Waals surface area contributed by atoms with Crippen molar-refractivity contribution in [3.63, 3.8) is 0 Å². The highest BCUT2D eigenvalue weighted by molar-refractivity contribution is 6.21. The highest BCUT2D eigenvalue weighted by Gasteiger charge is 2.35. The van der Waals surface area contributed by atoms with Gasteiger partial charge in [-0.15, -0.1) is 0 Å². The number of hydrogen-bond donors (Lipinski definition) is 1. The van der Waals surface area contributed by atoms with Crippen LogP contribution in [0.15, 0.2) is 65.3 Å². The van der Waals surface area contributed by atoms with E-state index < -0.39 is 30.4 Å². The van der Waals surface area contributed by atoms with Gasteiger partial charge in [0.25, 0.3) is 17.7 Å². The van der Waals surface area contributed by atoms with Gasteiger partial charge in [0, 0.05) is 5.69 Å². The number of nitrogens with one attached hydrogen (secondary N) is 1. The van der Waals surface area contributed by atoms with Crippen LogP contribution in [0.5, 0.6) is 0 Å². The van der Waals surface area contributed by atoms with Gasteiger partial charge in [0.05, 0.1) is 23.0 Å². The zero-order valence-electron chi connectivity index (χ0n) is 15.9. The van der Waals surface area contributed by atoms with Crippen molar-refractivity contribution in [1.82, 2.24) is 4.90 Å². The predicted octanol–water partition coefficient (Wildman–Crippen LogP) is 3.25. The van der Waals surface area contributed by atoms with Crippen molar-refractivity contribution in [3.8, 4) is 0 Å². The molecule has 2 heterocycles. The molecule has 2 aromatic carbocycles. The molecule has 1 aliphatic rings. The average Bonchev–Trinajstić information content (AvgIpc) is 3.37. The highest BCUT2D eigenvalue weighted by Crippen LogP contribution is 2.23. The summed E-state index contributed by atoms with van der Waals surface area (Å²) in [6.45, 7) is 1.26. The number of nitrogens with zero attached hydrogens (tertiary/aromatic N) is 1. The molecule has 0 spiro atoms. The number of fused-ring (bicyclic) bond motifs is 1. The summed E-state index contributed by atoms with van der Waals surface area (Å²) in [5, 5.41) is 2.67. The fourth-order valence-corrected chi connectivity index (χ4v) is 3.04. The first-order chi connectivity index (χ1) is 14.5. The van der Waals surface area contributed by atoms with Gasteiger partial charge < -0.3 is 14.5 Å². The molecule has 8 heteroatoms. The molecule has 3 amide bonds. The Morgan fingerprint density at radius 1 is 1.00 bits per heavy atom. The number of esters is 1. The van der Waals surface area contributed by atoms with E-state index in [9.17, 15) is 19.2 Å². The molecule has 0 saturated carbocycles. The molecule has 0 atom stereocenters. The number of amides is 3. The molecule has 1 aliphatic heterocycles. The van der Waals surface area contributed by atoms with Crippen molar-refractivity contribution in [1.29, 1.82) is 0 Å². The van der Waals surface area contributed by atoms with Gasteiger partial charge in [0.15, 0.2) is 12.5 Å².